The van der Waals surface area contributed by atoms with Crippen molar-refractivity contribution in [3.05, 3.63) is 36.0 Å². The van der Waals surface area contributed by atoms with Crippen molar-refractivity contribution in [3.63, 3.8) is 0 Å². The van der Waals surface area contributed by atoms with Gasteiger partial charge in [0.15, 0.2) is 11.6 Å². The van der Waals surface area contributed by atoms with Gasteiger partial charge in [0.2, 0.25) is 0 Å². The topological polar surface area (TPSA) is 126 Å². The van der Waals surface area contributed by atoms with Gasteiger partial charge in [-0.05, 0) is 39.0 Å². The fourth-order valence-electron chi connectivity index (χ4n) is 4.26. The van der Waals surface area contributed by atoms with Crippen molar-refractivity contribution in [2.75, 3.05) is 29.9 Å². The van der Waals surface area contributed by atoms with Gasteiger partial charge in [0, 0.05) is 37.8 Å². The van der Waals surface area contributed by atoms with Gasteiger partial charge in [-0.25, -0.2) is 4.79 Å². The van der Waals surface area contributed by atoms with E-state index in [1.54, 1.807) is 28.9 Å². The number of carbonyl (C=O) groups is 2. The first-order valence-electron chi connectivity index (χ1n) is 10.8. The number of amides is 2. The zero-order valence-corrected chi connectivity index (χ0v) is 19.0. The molecule has 0 radical (unpaired) electrons. The SMILES string of the molecule is CCOc1cc2nn(C)cc2cc1C(=O)Nc1ccc(N2C[C@@H](C)N(C(=O)O)[C@@H](C)C2)nn1. The van der Waals surface area contributed by atoms with Gasteiger partial charge in [0.25, 0.3) is 5.91 Å². The molecule has 2 aromatic heterocycles. The number of aromatic nitrogens is 4. The largest absolute Gasteiger partial charge is 0.493 e. The molecule has 11 nitrogen and oxygen atoms in total. The van der Waals surface area contributed by atoms with E-state index < -0.39 is 6.09 Å². The molecule has 1 aliphatic heterocycles. The second-order valence-electron chi connectivity index (χ2n) is 8.17. The van der Waals surface area contributed by atoms with Crippen LogP contribution in [-0.4, -0.2) is 73.8 Å². The van der Waals surface area contributed by atoms with E-state index in [1.165, 1.54) is 4.90 Å². The maximum atomic E-state index is 13.0. The number of piperazine rings is 1. The average molecular weight is 454 g/mol. The van der Waals surface area contributed by atoms with Gasteiger partial charge in [-0.3, -0.25) is 14.4 Å². The lowest BCUT2D eigenvalue weighted by Gasteiger charge is -2.43. The number of fused-ring (bicyclic) bond motifs is 1. The van der Waals surface area contributed by atoms with Gasteiger partial charge in [0.1, 0.15) is 5.75 Å². The minimum atomic E-state index is -0.922. The molecule has 3 heterocycles. The van der Waals surface area contributed by atoms with Crippen molar-refractivity contribution >= 4 is 34.5 Å². The second kappa shape index (κ2) is 8.93. The van der Waals surface area contributed by atoms with E-state index in [9.17, 15) is 14.7 Å². The smallest absolute Gasteiger partial charge is 0.407 e. The number of rotatable bonds is 5. The number of benzene rings is 1. The summed E-state index contributed by atoms with van der Waals surface area (Å²) in [6.45, 7) is 7.03. The van der Waals surface area contributed by atoms with Gasteiger partial charge in [0.05, 0.1) is 29.8 Å². The molecular formula is C22H27N7O4. The fourth-order valence-corrected chi connectivity index (χ4v) is 4.26. The van der Waals surface area contributed by atoms with Crippen LogP contribution in [0.25, 0.3) is 10.9 Å². The lowest BCUT2D eigenvalue weighted by atomic mass is 10.1. The van der Waals surface area contributed by atoms with Gasteiger partial charge in [-0.1, -0.05) is 0 Å². The van der Waals surface area contributed by atoms with Crippen molar-refractivity contribution in [2.45, 2.75) is 32.9 Å². The lowest BCUT2D eigenvalue weighted by molar-refractivity contribution is 0.0979. The number of carboxylic acid groups (broad SMARTS) is 1. The average Bonchev–Trinajstić information content (AvgIpc) is 3.12. The summed E-state index contributed by atoms with van der Waals surface area (Å²) in [4.78, 5) is 27.9. The van der Waals surface area contributed by atoms with Crippen LogP contribution in [-0.2, 0) is 7.05 Å². The molecule has 0 bridgehead atoms. The Labute approximate surface area is 190 Å². The Bertz CT molecular complexity index is 1170. The molecule has 2 N–H and O–H groups in total. The first kappa shape index (κ1) is 22.3. The minimum absolute atomic E-state index is 0.174. The fraction of sp³-hybridized carbons (Fsp3) is 0.409. The minimum Gasteiger partial charge on any atom is -0.493 e. The van der Waals surface area contributed by atoms with Gasteiger partial charge >= 0.3 is 6.09 Å². The summed E-state index contributed by atoms with van der Waals surface area (Å²) in [6, 6.07) is 6.60. The Morgan fingerprint density at radius 3 is 2.52 bits per heavy atom. The highest BCUT2D eigenvalue weighted by atomic mass is 16.5. The van der Waals surface area contributed by atoms with Crippen molar-refractivity contribution in [2.24, 2.45) is 7.05 Å². The summed E-state index contributed by atoms with van der Waals surface area (Å²) in [7, 11) is 1.82. The summed E-state index contributed by atoms with van der Waals surface area (Å²) >= 11 is 0. The predicted octanol–water partition coefficient (Wildman–Crippen LogP) is 2.59. The number of hydrogen-bond donors (Lipinski definition) is 2. The molecule has 33 heavy (non-hydrogen) atoms. The normalized spacial score (nSPS) is 18.4. The van der Waals surface area contributed by atoms with Crippen molar-refractivity contribution < 1.29 is 19.4 Å². The van der Waals surface area contributed by atoms with E-state index in [0.717, 1.165) is 10.9 Å². The number of carbonyl (C=O) groups excluding carboxylic acids is 1. The van der Waals surface area contributed by atoms with E-state index in [-0.39, 0.29) is 18.0 Å². The number of aryl methyl sites for hydroxylation is 1. The zero-order valence-electron chi connectivity index (χ0n) is 19.0. The zero-order chi connectivity index (χ0) is 23.7. The van der Waals surface area contributed by atoms with Crippen LogP contribution in [0.4, 0.5) is 16.4 Å². The lowest BCUT2D eigenvalue weighted by Crippen LogP contribution is -2.58. The molecule has 1 aromatic carbocycles. The van der Waals surface area contributed by atoms with E-state index >= 15 is 0 Å². The second-order valence-corrected chi connectivity index (χ2v) is 8.17. The Balaban J connectivity index is 1.50. The van der Waals surface area contributed by atoms with Crippen LogP contribution in [0.2, 0.25) is 0 Å². The third-order valence-electron chi connectivity index (χ3n) is 5.62. The Morgan fingerprint density at radius 1 is 1.18 bits per heavy atom. The van der Waals surface area contributed by atoms with Crippen LogP contribution >= 0.6 is 0 Å². The molecule has 11 heteroatoms. The van der Waals surface area contributed by atoms with E-state index in [0.29, 0.717) is 42.6 Å². The molecule has 174 valence electrons. The molecule has 0 unspecified atom stereocenters. The Kier molecular flexibility index (Phi) is 6.03. The quantitative estimate of drug-likeness (QED) is 0.604. The van der Waals surface area contributed by atoms with Gasteiger partial charge < -0.3 is 20.1 Å². The molecule has 4 rings (SSSR count). The van der Waals surface area contributed by atoms with Crippen molar-refractivity contribution in [3.8, 4) is 5.75 Å². The number of hydrogen-bond acceptors (Lipinski definition) is 7. The van der Waals surface area contributed by atoms with E-state index in [4.69, 9.17) is 4.74 Å². The molecule has 3 aromatic rings. The van der Waals surface area contributed by atoms with Crippen LogP contribution in [0.3, 0.4) is 0 Å². The van der Waals surface area contributed by atoms with Crippen LogP contribution in [0.1, 0.15) is 31.1 Å². The molecule has 0 aliphatic carbocycles. The maximum Gasteiger partial charge on any atom is 0.407 e. The highest BCUT2D eigenvalue weighted by Gasteiger charge is 2.33. The van der Waals surface area contributed by atoms with Crippen molar-refractivity contribution in [1.82, 2.24) is 24.9 Å². The highest BCUT2D eigenvalue weighted by Crippen LogP contribution is 2.27. The van der Waals surface area contributed by atoms with Crippen LogP contribution in [0.5, 0.6) is 5.75 Å². The predicted molar refractivity (Wildman–Crippen MR) is 123 cm³/mol. The van der Waals surface area contributed by atoms with Crippen LogP contribution in [0.15, 0.2) is 30.5 Å². The summed E-state index contributed by atoms with van der Waals surface area (Å²) in [5.41, 5.74) is 1.13. The summed E-state index contributed by atoms with van der Waals surface area (Å²) in [6.07, 6.45) is 0.914. The molecule has 2 amide bonds. The van der Waals surface area contributed by atoms with E-state index in [2.05, 4.69) is 20.6 Å². The number of ether oxygens (including phenoxy) is 1. The third-order valence-corrected chi connectivity index (χ3v) is 5.62. The van der Waals surface area contributed by atoms with Gasteiger partial charge in [-0.2, -0.15) is 5.10 Å². The molecule has 0 saturated carbocycles. The number of nitrogens with one attached hydrogen (secondary N) is 1. The maximum absolute atomic E-state index is 13.0. The summed E-state index contributed by atoms with van der Waals surface area (Å²) < 4.78 is 7.34. The summed E-state index contributed by atoms with van der Waals surface area (Å²) in [5.74, 6) is 1.03. The molecule has 1 saturated heterocycles. The van der Waals surface area contributed by atoms with Gasteiger partial charge in [-0.15, -0.1) is 10.2 Å². The molecule has 0 spiro atoms. The Morgan fingerprint density at radius 2 is 1.91 bits per heavy atom. The molecule has 1 aliphatic rings. The standard InChI is InChI=1S/C22H27N7O4/c1-5-33-18-9-17-15(12-27(4)26-17)8-16(18)21(30)23-19-6-7-20(25-24-19)28-10-13(2)29(22(31)32)14(3)11-28/h6-9,12-14H,5,10-11H2,1-4H3,(H,31,32)(H,23,24,30)/t13-,14+. The molecule has 1 fully saturated rings. The molecular weight excluding hydrogens is 426 g/mol. The van der Waals surface area contributed by atoms with Crippen molar-refractivity contribution in [1.29, 1.82) is 0 Å². The third kappa shape index (κ3) is 4.52. The van der Waals surface area contributed by atoms with Crippen LogP contribution < -0.4 is 15.0 Å². The van der Waals surface area contributed by atoms with Crippen LogP contribution in [0, 0.1) is 0 Å². The monoisotopic (exact) mass is 453 g/mol. The first-order valence-corrected chi connectivity index (χ1v) is 10.8. The first-order chi connectivity index (χ1) is 15.8. The van der Waals surface area contributed by atoms with E-state index in [1.807, 2.05) is 38.9 Å². The number of nitrogens with zero attached hydrogens (tertiary/aromatic N) is 6. The highest BCUT2D eigenvalue weighted by molar-refractivity contribution is 6.08. The number of anilines is 2. The summed E-state index contributed by atoms with van der Waals surface area (Å²) in [5, 5.41) is 25.8. The molecule has 2 atom stereocenters. The Hall–Kier alpha value is -3.89.